The Morgan fingerprint density at radius 2 is 1.82 bits per heavy atom. The first-order valence-corrected chi connectivity index (χ1v) is 8.28. The van der Waals surface area contributed by atoms with Gasteiger partial charge in [-0.05, 0) is 52.0 Å². The Kier molecular flexibility index (Phi) is 3.17. The van der Waals surface area contributed by atoms with Crippen molar-refractivity contribution in [2.45, 2.75) is 52.5 Å². The zero-order valence-corrected chi connectivity index (χ0v) is 13.6. The fourth-order valence-electron chi connectivity index (χ4n) is 3.62. The number of rotatable bonds is 3. The molecule has 2 aliphatic rings. The van der Waals surface area contributed by atoms with Gasteiger partial charge in [0.25, 0.3) is 5.95 Å². The summed E-state index contributed by atoms with van der Waals surface area (Å²) in [4.78, 5) is 11.9. The van der Waals surface area contributed by atoms with Crippen molar-refractivity contribution in [3.63, 3.8) is 0 Å². The van der Waals surface area contributed by atoms with Crippen LogP contribution in [0, 0.1) is 26.7 Å². The highest BCUT2D eigenvalue weighted by Crippen LogP contribution is 2.39. The van der Waals surface area contributed by atoms with Gasteiger partial charge in [-0.3, -0.25) is 0 Å². The molecule has 5 heteroatoms. The molecule has 2 fully saturated rings. The van der Waals surface area contributed by atoms with Gasteiger partial charge in [-0.1, -0.05) is 6.42 Å². The molecule has 2 aromatic heterocycles. The van der Waals surface area contributed by atoms with E-state index in [1.54, 1.807) is 0 Å². The molecule has 22 heavy (non-hydrogen) atoms. The molecule has 1 atom stereocenters. The standard InChI is InChI=1S/C17H23N5/c1-11-10-16(21-8-7-15(21)14-5-4-6-14)19-17(18-11)22-13(3)9-12(2)20-22/h9-10,14-15H,4-8H2,1-3H3. The first-order valence-electron chi connectivity index (χ1n) is 8.28. The SMILES string of the molecule is Cc1cc(N2CCC2C2CCC2)nc(-n2nc(C)cc2C)n1. The second kappa shape index (κ2) is 5.07. The van der Waals surface area contributed by atoms with Gasteiger partial charge >= 0.3 is 0 Å². The van der Waals surface area contributed by atoms with Crippen molar-refractivity contribution in [2.24, 2.45) is 5.92 Å². The topological polar surface area (TPSA) is 46.8 Å². The highest BCUT2D eigenvalue weighted by Gasteiger charge is 2.38. The molecule has 0 spiro atoms. The molecule has 2 aromatic rings. The van der Waals surface area contributed by atoms with E-state index < -0.39 is 0 Å². The van der Waals surface area contributed by atoms with E-state index in [4.69, 9.17) is 4.98 Å². The number of aryl methyl sites for hydroxylation is 3. The van der Waals surface area contributed by atoms with E-state index in [2.05, 4.69) is 27.1 Å². The molecule has 116 valence electrons. The van der Waals surface area contributed by atoms with Gasteiger partial charge in [-0.2, -0.15) is 10.1 Å². The summed E-state index contributed by atoms with van der Waals surface area (Å²) in [7, 11) is 0. The highest BCUT2D eigenvalue weighted by molar-refractivity contribution is 5.46. The second-order valence-electron chi connectivity index (χ2n) is 6.75. The third-order valence-electron chi connectivity index (χ3n) is 5.08. The number of hydrogen-bond donors (Lipinski definition) is 0. The van der Waals surface area contributed by atoms with Crippen molar-refractivity contribution in [1.82, 2.24) is 19.7 Å². The highest BCUT2D eigenvalue weighted by atomic mass is 15.4. The zero-order valence-electron chi connectivity index (χ0n) is 13.6. The van der Waals surface area contributed by atoms with E-state index in [1.807, 2.05) is 25.5 Å². The Labute approximate surface area is 131 Å². The molecule has 0 radical (unpaired) electrons. The third kappa shape index (κ3) is 2.19. The normalized spacial score (nSPS) is 21.6. The molecule has 0 amide bonds. The van der Waals surface area contributed by atoms with E-state index in [0.717, 1.165) is 35.4 Å². The van der Waals surface area contributed by atoms with Crippen LogP contribution in [-0.2, 0) is 0 Å². The van der Waals surface area contributed by atoms with Crippen LogP contribution in [0.3, 0.4) is 0 Å². The van der Waals surface area contributed by atoms with Crippen LogP contribution in [0.1, 0.15) is 42.8 Å². The Morgan fingerprint density at radius 3 is 2.36 bits per heavy atom. The van der Waals surface area contributed by atoms with Crippen molar-refractivity contribution in [2.75, 3.05) is 11.4 Å². The second-order valence-corrected chi connectivity index (χ2v) is 6.75. The molecule has 0 bridgehead atoms. The van der Waals surface area contributed by atoms with Crippen LogP contribution in [-0.4, -0.2) is 32.3 Å². The minimum Gasteiger partial charge on any atom is -0.353 e. The lowest BCUT2D eigenvalue weighted by molar-refractivity contribution is 0.206. The first-order chi connectivity index (χ1) is 10.6. The molecule has 1 aliphatic carbocycles. The van der Waals surface area contributed by atoms with Gasteiger partial charge in [0.05, 0.1) is 5.69 Å². The van der Waals surface area contributed by atoms with Crippen LogP contribution < -0.4 is 4.90 Å². The molecule has 0 aromatic carbocycles. The van der Waals surface area contributed by atoms with E-state index in [9.17, 15) is 0 Å². The Balaban J connectivity index is 1.67. The maximum atomic E-state index is 4.81. The van der Waals surface area contributed by atoms with Crippen molar-refractivity contribution >= 4 is 5.82 Å². The van der Waals surface area contributed by atoms with E-state index in [-0.39, 0.29) is 0 Å². The summed E-state index contributed by atoms with van der Waals surface area (Å²) >= 11 is 0. The van der Waals surface area contributed by atoms with Gasteiger partial charge in [-0.15, -0.1) is 0 Å². The van der Waals surface area contributed by atoms with Crippen LogP contribution in [0.15, 0.2) is 12.1 Å². The van der Waals surface area contributed by atoms with Gasteiger partial charge in [0.15, 0.2) is 0 Å². The largest absolute Gasteiger partial charge is 0.353 e. The van der Waals surface area contributed by atoms with E-state index in [0.29, 0.717) is 12.0 Å². The van der Waals surface area contributed by atoms with Crippen LogP contribution in [0.25, 0.3) is 5.95 Å². The Hall–Kier alpha value is -1.91. The molecular weight excluding hydrogens is 274 g/mol. The summed E-state index contributed by atoms with van der Waals surface area (Å²) in [5.74, 6) is 2.64. The smallest absolute Gasteiger partial charge is 0.252 e. The summed E-state index contributed by atoms with van der Waals surface area (Å²) in [6.07, 6.45) is 5.48. The van der Waals surface area contributed by atoms with E-state index in [1.165, 1.54) is 25.7 Å². The lowest BCUT2D eigenvalue weighted by Gasteiger charge is -2.49. The lowest BCUT2D eigenvalue weighted by Crippen LogP contribution is -2.54. The molecule has 4 rings (SSSR count). The maximum Gasteiger partial charge on any atom is 0.252 e. The molecule has 1 unspecified atom stereocenters. The Morgan fingerprint density at radius 1 is 1.00 bits per heavy atom. The number of aromatic nitrogens is 4. The van der Waals surface area contributed by atoms with E-state index >= 15 is 0 Å². The zero-order chi connectivity index (χ0) is 15.3. The number of hydrogen-bond acceptors (Lipinski definition) is 4. The number of nitrogens with zero attached hydrogens (tertiary/aromatic N) is 5. The van der Waals surface area contributed by atoms with Crippen LogP contribution >= 0.6 is 0 Å². The molecule has 1 saturated heterocycles. The van der Waals surface area contributed by atoms with Gasteiger partial charge in [0.2, 0.25) is 0 Å². The minimum absolute atomic E-state index is 0.691. The molecule has 0 N–H and O–H groups in total. The summed E-state index contributed by atoms with van der Waals surface area (Å²) in [5, 5.41) is 4.52. The summed E-state index contributed by atoms with van der Waals surface area (Å²) in [6.45, 7) is 7.21. The lowest BCUT2D eigenvalue weighted by atomic mass is 9.75. The molecule has 3 heterocycles. The molecular formula is C17H23N5. The van der Waals surface area contributed by atoms with Gasteiger partial charge in [-0.25, -0.2) is 9.67 Å². The summed E-state index contributed by atoms with van der Waals surface area (Å²) in [5.41, 5.74) is 3.08. The molecule has 1 saturated carbocycles. The molecule has 5 nitrogen and oxygen atoms in total. The van der Waals surface area contributed by atoms with Crippen LogP contribution in [0.2, 0.25) is 0 Å². The third-order valence-corrected chi connectivity index (χ3v) is 5.08. The van der Waals surface area contributed by atoms with Crippen LogP contribution in [0.5, 0.6) is 0 Å². The average molecular weight is 297 g/mol. The first kappa shape index (κ1) is 13.7. The van der Waals surface area contributed by atoms with Crippen molar-refractivity contribution in [3.05, 3.63) is 29.2 Å². The minimum atomic E-state index is 0.691. The fraction of sp³-hybridized carbons (Fsp3) is 0.588. The van der Waals surface area contributed by atoms with Gasteiger partial charge < -0.3 is 4.90 Å². The average Bonchev–Trinajstić information content (AvgIpc) is 2.71. The van der Waals surface area contributed by atoms with Crippen molar-refractivity contribution in [3.8, 4) is 5.95 Å². The fourth-order valence-corrected chi connectivity index (χ4v) is 3.62. The summed E-state index contributed by atoms with van der Waals surface area (Å²) < 4.78 is 1.85. The van der Waals surface area contributed by atoms with Crippen LogP contribution in [0.4, 0.5) is 5.82 Å². The molecule has 1 aliphatic heterocycles. The van der Waals surface area contributed by atoms with Gasteiger partial charge in [0, 0.05) is 30.0 Å². The van der Waals surface area contributed by atoms with Crippen molar-refractivity contribution < 1.29 is 0 Å². The number of anilines is 1. The quantitative estimate of drug-likeness (QED) is 0.874. The van der Waals surface area contributed by atoms with Gasteiger partial charge in [0.1, 0.15) is 5.82 Å². The summed E-state index contributed by atoms with van der Waals surface area (Å²) in [6, 6.07) is 4.86. The predicted octanol–water partition coefficient (Wildman–Crippen LogP) is 2.97. The van der Waals surface area contributed by atoms with Crippen molar-refractivity contribution in [1.29, 1.82) is 0 Å². The predicted molar refractivity (Wildman–Crippen MR) is 86.5 cm³/mol. The Bertz CT molecular complexity index is 701. The maximum absolute atomic E-state index is 4.81. The monoisotopic (exact) mass is 297 g/mol.